The summed E-state index contributed by atoms with van der Waals surface area (Å²) >= 11 is 3.41. The van der Waals surface area contributed by atoms with Gasteiger partial charge in [-0.25, -0.2) is 0 Å². The number of halogens is 1. The van der Waals surface area contributed by atoms with Crippen molar-refractivity contribution in [2.45, 2.75) is 32.2 Å². The molecule has 0 radical (unpaired) electrons. The van der Waals surface area contributed by atoms with E-state index in [9.17, 15) is 4.79 Å². The molecule has 2 heterocycles. The van der Waals surface area contributed by atoms with E-state index in [0.29, 0.717) is 36.5 Å². The summed E-state index contributed by atoms with van der Waals surface area (Å²) in [7, 11) is 1.56. The molecule has 0 N–H and O–H groups in total. The second kappa shape index (κ2) is 6.24. The lowest BCUT2D eigenvalue weighted by Crippen LogP contribution is -2.55. The lowest BCUT2D eigenvalue weighted by molar-refractivity contribution is -0.116. The van der Waals surface area contributed by atoms with Crippen molar-refractivity contribution in [2.24, 2.45) is 0 Å². The summed E-state index contributed by atoms with van der Waals surface area (Å²) in [6, 6.07) is 1.62. The number of alkyl halides is 1. The van der Waals surface area contributed by atoms with Crippen LogP contribution in [-0.4, -0.2) is 53.2 Å². The third kappa shape index (κ3) is 3.59. The van der Waals surface area contributed by atoms with Crippen LogP contribution in [0.1, 0.15) is 30.1 Å². The van der Waals surface area contributed by atoms with Gasteiger partial charge in [-0.2, -0.15) is 0 Å². The standard InChI is InChI=1S/C13H19BrN2O4/c1-13(2)8-16(6-10(5-14)19-13)12(17)11-4-9(7-18-3)20-15-11/h4,10H,5-8H2,1-3H3. The maximum absolute atomic E-state index is 12.5. The smallest absolute Gasteiger partial charge is 0.276 e. The Morgan fingerprint density at radius 2 is 2.40 bits per heavy atom. The van der Waals surface area contributed by atoms with Crippen molar-refractivity contribution in [1.29, 1.82) is 0 Å². The lowest BCUT2D eigenvalue weighted by atomic mass is 10.1. The maximum Gasteiger partial charge on any atom is 0.276 e. The van der Waals surface area contributed by atoms with Gasteiger partial charge in [-0.3, -0.25) is 4.79 Å². The highest BCUT2D eigenvalue weighted by atomic mass is 79.9. The van der Waals surface area contributed by atoms with E-state index >= 15 is 0 Å². The largest absolute Gasteiger partial charge is 0.377 e. The van der Waals surface area contributed by atoms with Crippen molar-refractivity contribution in [3.63, 3.8) is 0 Å². The average Bonchev–Trinajstić information content (AvgIpc) is 2.85. The highest BCUT2D eigenvalue weighted by Gasteiger charge is 2.36. The van der Waals surface area contributed by atoms with Gasteiger partial charge in [-0.15, -0.1) is 0 Å². The van der Waals surface area contributed by atoms with Crippen LogP contribution in [-0.2, 0) is 16.1 Å². The Labute approximate surface area is 126 Å². The third-order valence-electron chi connectivity index (χ3n) is 3.01. The first-order valence-electron chi connectivity index (χ1n) is 6.43. The molecule has 0 aliphatic carbocycles. The van der Waals surface area contributed by atoms with E-state index < -0.39 is 0 Å². The number of carbonyl (C=O) groups excluding carboxylic acids is 1. The number of hydrogen-bond donors (Lipinski definition) is 0. The summed E-state index contributed by atoms with van der Waals surface area (Å²) < 4.78 is 15.9. The first-order chi connectivity index (χ1) is 9.45. The lowest BCUT2D eigenvalue weighted by Gasteiger charge is -2.42. The Morgan fingerprint density at radius 1 is 1.65 bits per heavy atom. The summed E-state index contributed by atoms with van der Waals surface area (Å²) in [4.78, 5) is 14.2. The van der Waals surface area contributed by atoms with E-state index in [1.54, 1.807) is 18.1 Å². The van der Waals surface area contributed by atoms with Crippen molar-refractivity contribution in [1.82, 2.24) is 10.1 Å². The minimum atomic E-state index is -0.370. The Hall–Kier alpha value is -0.920. The van der Waals surface area contributed by atoms with E-state index in [-0.39, 0.29) is 17.6 Å². The van der Waals surface area contributed by atoms with Crippen LogP contribution in [0.2, 0.25) is 0 Å². The molecule has 1 atom stereocenters. The number of carbonyl (C=O) groups is 1. The van der Waals surface area contributed by atoms with Gasteiger partial charge >= 0.3 is 0 Å². The van der Waals surface area contributed by atoms with Crippen molar-refractivity contribution in [3.8, 4) is 0 Å². The molecule has 1 unspecified atom stereocenters. The molecule has 1 amide bonds. The van der Waals surface area contributed by atoms with Crippen LogP contribution in [0.4, 0.5) is 0 Å². The second-order valence-corrected chi connectivity index (χ2v) is 6.10. The van der Waals surface area contributed by atoms with Crippen LogP contribution in [0.5, 0.6) is 0 Å². The molecule has 2 rings (SSSR count). The predicted octanol–water partition coefficient (Wildman–Crippen LogP) is 1.84. The number of aromatic nitrogens is 1. The van der Waals surface area contributed by atoms with Gasteiger partial charge < -0.3 is 18.9 Å². The molecule has 1 aliphatic heterocycles. The molecule has 0 aromatic carbocycles. The molecule has 0 bridgehead atoms. The van der Waals surface area contributed by atoms with Crippen LogP contribution in [0, 0.1) is 0 Å². The molecule has 20 heavy (non-hydrogen) atoms. The van der Waals surface area contributed by atoms with Crippen LogP contribution >= 0.6 is 15.9 Å². The minimum absolute atomic E-state index is 0.0203. The molecule has 112 valence electrons. The summed E-state index contributed by atoms with van der Waals surface area (Å²) in [6.45, 7) is 5.32. The molecule has 0 spiro atoms. The molecule has 1 aromatic heterocycles. The Morgan fingerprint density at radius 3 is 3.05 bits per heavy atom. The molecule has 1 aromatic rings. The molecule has 1 fully saturated rings. The topological polar surface area (TPSA) is 64.8 Å². The summed E-state index contributed by atoms with van der Waals surface area (Å²) in [5, 5.41) is 4.50. The van der Waals surface area contributed by atoms with Crippen molar-refractivity contribution in [2.75, 3.05) is 25.5 Å². The van der Waals surface area contributed by atoms with Crippen molar-refractivity contribution < 1.29 is 18.8 Å². The fourth-order valence-electron chi connectivity index (χ4n) is 2.32. The van der Waals surface area contributed by atoms with Crippen LogP contribution in [0.3, 0.4) is 0 Å². The zero-order valence-electron chi connectivity index (χ0n) is 11.9. The minimum Gasteiger partial charge on any atom is -0.377 e. The number of rotatable bonds is 4. The van der Waals surface area contributed by atoms with Crippen molar-refractivity contribution >= 4 is 21.8 Å². The van der Waals surface area contributed by atoms with Crippen LogP contribution < -0.4 is 0 Å². The van der Waals surface area contributed by atoms with E-state index in [1.807, 2.05) is 13.8 Å². The molecule has 6 nitrogen and oxygen atoms in total. The molecular formula is C13H19BrN2O4. The van der Waals surface area contributed by atoms with Crippen LogP contribution in [0.25, 0.3) is 0 Å². The number of hydrogen-bond acceptors (Lipinski definition) is 5. The number of nitrogens with zero attached hydrogens (tertiary/aromatic N) is 2. The first-order valence-corrected chi connectivity index (χ1v) is 7.55. The number of ether oxygens (including phenoxy) is 2. The van der Waals surface area contributed by atoms with Gasteiger partial charge in [-0.05, 0) is 13.8 Å². The normalized spacial score (nSPS) is 22.0. The zero-order valence-corrected chi connectivity index (χ0v) is 13.5. The monoisotopic (exact) mass is 346 g/mol. The van der Waals surface area contributed by atoms with E-state index in [4.69, 9.17) is 14.0 Å². The predicted molar refractivity (Wildman–Crippen MR) is 75.9 cm³/mol. The summed E-state index contributed by atoms with van der Waals surface area (Å²) in [5.74, 6) is 0.402. The van der Waals surface area contributed by atoms with Gasteiger partial charge in [0, 0.05) is 31.6 Å². The van der Waals surface area contributed by atoms with Crippen LogP contribution in [0.15, 0.2) is 10.6 Å². The van der Waals surface area contributed by atoms with E-state index in [1.165, 1.54) is 0 Å². The molecule has 7 heteroatoms. The van der Waals surface area contributed by atoms with Crippen molar-refractivity contribution in [3.05, 3.63) is 17.5 Å². The maximum atomic E-state index is 12.5. The third-order valence-corrected chi connectivity index (χ3v) is 3.73. The summed E-state index contributed by atoms with van der Waals surface area (Å²) in [6.07, 6.45) is -0.0203. The van der Waals surface area contributed by atoms with Gasteiger partial charge in [0.1, 0.15) is 6.61 Å². The summed E-state index contributed by atoms with van der Waals surface area (Å²) in [5.41, 5.74) is -0.0612. The van der Waals surface area contributed by atoms with E-state index in [2.05, 4.69) is 21.1 Å². The number of amides is 1. The molecule has 1 aliphatic rings. The van der Waals surface area contributed by atoms with Gasteiger partial charge in [0.25, 0.3) is 5.91 Å². The van der Waals surface area contributed by atoms with Gasteiger partial charge in [-0.1, -0.05) is 21.1 Å². The molecule has 0 saturated carbocycles. The SMILES string of the molecule is COCc1cc(C(=O)N2CC(CBr)OC(C)(C)C2)no1. The van der Waals surface area contributed by atoms with Gasteiger partial charge in [0.05, 0.1) is 11.7 Å². The van der Waals surface area contributed by atoms with Gasteiger partial charge in [0.15, 0.2) is 11.5 Å². The number of methoxy groups -OCH3 is 1. The average molecular weight is 347 g/mol. The Bertz CT molecular complexity index is 475. The zero-order chi connectivity index (χ0) is 14.8. The molecular weight excluding hydrogens is 328 g/mol. The Balaban J connectivity index is 2.10. The fraction of sp³-hybridized carbons (Fsp3) is 0.692. The van der Waals surface area contributed by atoms with E-state index in [0.717, 1.165) is 0 Å². The Kier molecular flexibility index (Phi) is 4.82. The quantitative estimate of drug-likeness (QED) is 0.778. The highest BCUT2D eigenvalue weighted by Crippen LogP contribution is 2.23. The fourth-order valence-corrected chi connectivity index (χ4v) is 2.65. The highest BCUT2D eigenvalue weighted by molar-refractivity contribution is 9.09. The van der Waals surface area contributed by atoms with Gasteiger partial charge in [0.2, 0.25) is 0 Å². The molecule has 1 saturated heterocycles. The second-order valence-electron chi connectivity index (χ2n) is 5.45. The first kappa shape index (κ1) is 15.5. The number of morpholine rings is 1.